The van der Waals surface area contributed by atoms with Gasteiger partial charge in [0.25, 0.3) is 0 Å². The molecule has 0 aliphatic carbocycles. The predicted octanol–water partition coefficient (Wildman–Crippen LogP) is 3.14. The van der Waals surface area contributed by atoms with Crippen LogP contribution in [0.15, 0.2) is 49.0 Å². The zero-order valence-electron chi connectivity index (χ0n) is 28.0. The first kappa shape index (κ1) is 40.6. The predicted molar refractivity (Wildman–Crippen MR) is 176 cm³/mol. The number of ether oxygens (including phenoxy) is 2. The van der Waals surface area contributed by atoms with Gasteiger partial charge in [0, 0.05) is 37.2 Å². The highest BCUT2D eigenvalue weighted by Crippen LogP contribution is 2.13. The van der Waals surface area contributed by atoms with Crippen LogP contribution in [0, 0.1) is 0 Å². The number of nitrogens with one attached hydrogen (secondary N) is 4. The maximum atomic E-state index is 13.2. The van der Waals surface area contributed by atoms with Crippen molar-refractivity contribution < 1.29 is 28.7 Å². The molecule has 0 aromatic rings. The Bertz CT molecular complexity index is 978. The van der Waals surface area contributed by atoms with E-state index in [4.69, 9.17) is 9.47 Å². The summed E-state index contributed by atoms with van der Waals surface area (Å²) in [7, 11) is 1.89. The van der Waals surface area contributed by atoms with Gasteiger partial charge in [0.2, 0.25) is 11.8 Å². The summed E-state index contributed by atoms with van der Waals surface area (Å²) in [5.74, 6) is -0.764. The van der Waals surface area contributed by atoms with E-state index in [1.807, 2.05) is 39.6 Å². The highest BCUT2D eigenvalue weighted by atomic mass is 16.5. The number of hydrogen-bond acceptors (Lipinski definition) is 9. The summed E-state index contributed by atoms with van der Waals surface area (Å²) in [6.07, 6.45) is 7.90. The van der Waals surface area contributed by atoms with E-state index in [0.717, 1.165) is 30.7 Å². The molecule has 0 saturated carbocycles. The molecule has 1 unspecified atom stereocenters. The maximum Gasteiger partial charge on any atom is 0.243 e. The van der Waals surface area contributed by atoms with Crippen molar-refractivity contribution in [1.82, 2.24) is 26.2 Å². The molecule has 0 aromatic heterocycles. The summed E-state index contributed by atoms with van der Waals surface area (Å²) < 4.78 is 11.6. The third-order valence-electron chi connectivity index (χ3n) is 6.55. The summed E-state index contributed by atoms with van der Waals surface area (Å²) in [6.45, 7) is 25.3. The van der Waals surface area contributed by atoms with Crippen molar-refractivity contribution in [2.24, 2.45) is 0 Å². The van der Waals surface area contributed by atoms with Gasteiger partial charge in [0.15, 0.2) is 0 Å². The van der Waals surface area contributed by atoms with E-state index < -0.39 is 29.6 Å². The molecule has 11 heteroatoms. The summed E-state index contributed by atoms with van der Waals surface area (Å²) in [5.41, 5.74) is 1.75. The van der Waals surface area contributed by atoms with E-state index >= 15 is 0 Å². The SMILES string of the molecule is C=C(COC(C)(C)COC(C)C)NCCCC[C@H](NC(=C)CCCN(C)C(=C)/C=C\C=O)C(=O)NC(C)C(=O)N[C@@H](C)C=O. The number of carbonyl (C=O) groups is 4. The van der Waals surface area contributed by atoms with Crippen LogP contribution in [0.5, 0.6) is 0 Å². The van der Waals surface area contributed by atoms with Crippen LogP contribution in [0.3, 0.4) is 0 Å². The molecule has 0 heterocycles. The Labute approximate surface area is 264 Å². The minimum atomic E-state index is -0.818. The molecule has 0 aliphatic rings. The van der Waals surface area contributed by atoms with Gasteiger partial charge in [-0.25, -0.2) is 0 Å². The fourth-order valence-electron chi connectivity index (χ4n) is 3.78. The van der Waals surface area contributed by atoms with Crippen molar-refractivity contribution in [2.75, 3.05) is 33.4 Å². The summed E-state index contributed by atoms with van der Waals surface area (Å²) >= 11 is 0. The fraction of sp³-hybridized carbons (Fsp3) is 0.636. The molecule has 0 saturated heterocycles. The topological polar surface area (TPSA) is 138 Å². The number of hydrogen-bond donors (Lipinski definition) is 4. The van der Waals surface area contributed by atoms with Gasteiger partial charge in [0.1, 0.15) is 24.7 Å². The van der Waals surface area contributed by atoms with Crippen LogP contribution in [-0.2, 0) is 28.7 Å². The van der Waals surface area contributed by atoms with E-state index in [1.54, 1.807) is 19.9 Å². The highest BCUT2D eigenvalue weighted by Gasteiger charge is 2.24. The number of aldehydes is 2. The lowest BCUT2D eigenvalue weighted by molar-refractivity contribution is -0.130. The lowest BCUT2D eigenvalue weighted by atomic mass is 10.1. The van der Waals surface area contributed by atoms with Gasteiger partial charge in [-0.2, -0.15) is 0 Å². The van der Waals surface area contributed by atoms with Crippen molar-refractivity contribution >= 4 is 24.4 Å². The first-order valence-corrected chi connectivity index (χ1v) is 15.3. The lowest BCUT2D eigenvalue weighted by Gasteiger charge is -2.27. The fourth-order valence-corrected chi connectivity index (χ4v) is 3.78. The second-order valence-electron chi connectivity index (χ2n) is 11.9. The highest BCUT2D eigenvalue weighted by molar-refractivity contribution is 5.90. The molecule has 250 valence electrons. The average molecular weight is 620 g/mol. The third-order valence-corrected chi connectivity index (χ3v) is 6.55. The van der Waals surface area contributed by atoms with Crippen LogP contribution in [0.1, 0.15) is 73.6 Å². The molecule has 2 amide bonds. The Morgan fingerprint density at radius 2 is 1.61 bits per heavy atom. The normalized spacial score (nSPS) is 13.5. The van der Waals surface area contributed by atoms with Gasteiger partial charge >= 0.3 is 0 Å². The van der Waals surface area contributed by atoms with E-state index in [9.17, 15) is 19.2 Å². The smallest absolute Gasteiger partial charge is 0.243 e. The number of allylic oxidation sites excluding steroid dienone is 3. The molecule has 0 rings (SSSR count). The van der Waals surface area contributed by atoms with Crippen LogP contribution < -0.4 is 21.3 Å². The van der Waals surface area contributed by atoms with E-state index in [1.165, 1.54) is 6.08 Å². The third kappa shape index (κ3) is 19.7. The van der Waals surface area contributed by atoms with Gasteiger partial charge in [0.05, 0.1) is 31.0 Å². The summed E-state index contributed by atoms with van der Waals surface area (Å²) in [4.78, 5) is 48.9. The number of likely N-dealkylation sites (N-methyl/N-ethyl adjacent to an activating group) is 1. The Morgan fingerprint density at radius 1 is 0.932 bits per heavy atom. The number of nitrogens with zero attached hydrogens (tertiary/aromatic N) is 1. The number of amides is 2. The van der Waals surface area contributed by atoms with Crippen LogP contribution in [0.4, 0.5) is 0 Å². The zero-order chi connectivity index (χ0) is 33.7. The van der Waals surface area contributed by atoms with Gasteiger partial charge in [-0.15, -0.1) is 0 Å². The first-order valence-electron chi connectivity index (χ1n) is 15.3. The standard InChI is InChI=1S/C33H57N5O6/c1-24(2)43-23-33(8,9)44-22-27(5)34-18-12-11-17-30(32(42)37-29(7)31(41)36-26(4)21-40)35-25(3)15-13-19-38(10)28(6)16-14-20-39/h14,16,20-21,24,26,29-30,34-35H,3,5-6,11-13,15,17-19,22-23H2,1-2,4,7-10H3,(H,36,41)(H,37,42)/b16-14-/t26-,29?,30-/m0/s1. The van der Waals surface area contributed by atoms with Crippen molar-refractivity contribution in [3.63, 3.8) is 0 Å². The quantitative estimate of drug-likeness (QED) is 0.0498. The average Bonchev–Trinajstić information content (AvgIpc) is 2.96. The van der Waals surface area contributed by atoms with Gasteiger partial charge in [-0.3, -0.25) is 14.4 Å². The molecule has 11 nitrogen and oxygen atoms in total. The number of unbranched alkanes of at least 4 members (excludes halogenated alkanes) is 1. The van der Waals surface area contributed by atoms with Gasteiger partial charge in [-0.1, -0.05) is 19.7 Å². The lowest BCUT2D eigenvalue weighted by Crippen LogP contribution is -2.52. The minimum Gasteiger partial charge on any atom is -0.387 e. The maximum absolute atomic E-state index is 13.2. The molecule has 0 fully saturated rings. The molecule has 0 aromatic carbocycles. The van der Waals surface area contributed by atoms with Crippen LogP contribution in [0.2, 0.25) is 0 Å². The van der Waals surface area contributed by atoms with Gasteiger partial charge in [-0.05, 0) is 85.8 Å². The Kier molecular flexibility index (Phi) is 20.4. The molecule has 4 N–H and O–H groups in total. The number of carbonyl (C=O) groups excluding carboxylic acids is 4. The summed E-state index contributed by atoms with van der Waals surface area (Å²) in [5, 5.41) is 11.8. The molecule has 0 bridgehead atoms. The van der Waals surface area contributed by atoms with Crippen molar-refractivity contribution in [2.45, 2.75) is 103 Å². The zero-order valence-corrected chi connectivity index (χ0v) is 28.0. The van der Waals surface area contributed by atoms with Crippen molar-refractivity contribution in [3.8, 4) is 0 Å². The van der Waals surface area contributed by atoms with Gasteiger partial charge < -0.3 is 40.4 Å². The molecule has 3 atom stereocenters. The Morgan fingerprint density at radius 3 is 2.23 bits per heavy atom. The molecular formula is C33H57N5O6. The number of rotatable bonds is 26. The van der Waals surface area contributed by atoms with Crippen molar-refractivity contribution in [1.29, 1.82) is 0 Å². The second kappa shape index (κ2) is 22.1. The second-order valence-corrected chi connectivity index (χ2v) is 11.9. The monoisotopic (exact) mass is 619 g/mol. The Balaban J connectivity index is 4.96. The Hall–Kier alpha value is -3.44. The van der Waals surface area contributed by atoms with Crippen molar-refractivity contribution in [3.05, 3.63) is 49.0 Å². The molecule has 0 radical (unpaired) electrons. The van der Waals surface area contributed by atoms with Crippen LogP contribution >= 0.6 is 0 Å². The van der Waals surface area contributed by atoms with E-state index in [2.05, 4.69) is 41.0 Å². The molecule has 0 spiro atoms. The summed E-state index contributed by atoms with van der Waals surface area (Å²) in [6, 6.07) is -2.06. The molecule has 0 aliphatic heterocycles. The van der Waals surface area contributed by atoms with Crippen LogP contribution in [-0.4, -0.2) is 92.5 Å². The largest absolute Gasteiger partial charge is 0.387 e. The first-order chi connectivity index (χ1) is 20.6. The van der Waals surface area contributed by atoms with E-state index in [0.29, 0.717) is 57.4 Å². The minimum absolute atomic E-state index is 0.132. The van der Waals surface area contributed by atoms with E-state index in [-0.39, 0.29) is 12.0 Å². The molecular weight excluding hydrogens is 562 g/mol. The van der Waals surface area contributed by atoms with Crippen LogP contribution in [0.25, 0.3) is 0 Å². The molecule has 44 heavy (non-hydrogen) atoms.